The summed E-state index contributed by atoms with van der Waals surface area (Å²) in [5, 5.41) is 0. The van der Waals surface area contributed by atoms with Gasteiger partial charge in [-0.25, -0.2) is 0 Å². The highest BCUT2D eigenvalue weighted by Gasteiger charge is 2.09. The van der Waals surface area contributed by atoms with Gasteiger partial charge in [-0.05, 0) is 37.3 Å². The van der Waals surface area contributed by atoms with E-state index in [1.165, 1.54) is 30.4 Å². The van der Waals surface area contributed by atoms with E-state index in [0.717, 1.165) is 12.5 Å². The Bertz CT molecular complexity index is 304. The maximum Gasteiger partial charge on any atom is -0.000824 e. The Hall–Kier alpha value is -0.820. The van der Waals surface area contributed by atoms with Crippen molar-refractivity contribution in [2.75, 3.05) is 6.54 Å². The molecule has 0 bridgehead atoms. The minimum atomic E-state index is 0.540. The SMILES string of the molecule is Cc1cccc(C(CN)CCCC(C)C)c1. The van der Waals surface area contributed by atoms with Crippen LogP contribution >= 0.6 is 0 Å². The van der Waals surface area contributed by atoms with Gasteiger partial charge in [0, 0.05) is 0 Å². The van der Waals surface area contributed by atoms with Crippen LogP contribution in [0.15, 0.2) is 24.3 Å². The summed E-state index contributed by atoms with van der Waals surface area (Å²) in [7, 11) is 0. The molecule has 0 aliphatic heterocycles. The van der Waals surface area contributed by atoms with Crippen molar-refractivity contribution < 1.29 is 0 Å². The molecule has 1 nitrogen and oxygen atoms in total. The first-order chi connectivity index (χ1) is 7.63. The summed E-state index contributed by atoms with van der Waals surface area (Å²) in [5.74, 6) is 1.34. The van der Waals surface area contributed by atoms with Crippen molar-refractivity contribution in [1.82, 2.24) is 0 Å². The Morgan fingerprint density at radius 2 is 1.94 bits per heavy atom. The Morgan fingerprint density at radius 1 is 1.19 bits per heavy atom. The van der Waals surface area contributed by atoms with Crippen LogP contribution in [-0.4, -0.2) is 6.54 Å². The zero-order valence-corrected chi connectivity index (χ0v) is 10.9. The van der Waals surface area contributed by atoms with Crippen LogP contribution in [-0.2, 0) is 0 Å². The van der Waals surface area contributed by atoms with Crippen molar-refractivity contribution in [3.05, 3.63) is 35.4 Å². The van der Waals surface area contributed by atoms with E-state index in [1.807, 2.05) is 0 Å². The largest absolute Gasteiger partial charge is 0.330 e. The normalized spacial score (nSPS) is 13.1. The van der Waals surface area contributed by atoms with Gasteiger partial charge in [0.05, 0.1) is 0 Å². The van der Waals surface area contributed by atoms with E-state index in [1.54, 1.807) is 0 Å². The third-order valence-corrected chi connectivity index (χ3v) is 3.13. The minimum absolute atomic E-state index is 0.540. The van der Waals surface area contributed by atoms with Gasteiger partial charge in [-0.2, -0.15) is 0 Å². The van der Waals surface area contributed by atoms with E-state index in [-0.39, 0.29) is 0 Å². The Morgan fingerprint density at radius 3 is 2.50 bits per heavy atom. The molecular weight excluding hydrogens is 194 g/mol. The van der Waals surface area contributed by atoms with E-state index >= 15 is 0 Å². The molecule has 0 saturated carbocycles. The van der Waals surface area contributed by atoms with Crippen LogP contribution < -0.4 is 5.73 Å². The third-order valence-electron chi connectivity index (χ3n) is 3.13. The Balaban J connectivity index is 2.53. The smallest absolute Gasteiger partial charge is 0.000824 e. The molecule has 0 aliphatic rings. The summed E-state index contributed by atoms with van der Waals surface area (Å²) in [5.41, 5.74) is 8.61. The molecule has 1 aromatic carbocycles. The topological polar surface area (TPSA) is 26.0 Å². The number of aryl methyl sites for hydroxylation is 1. The maximum absolute atomic E-state index is 5.87. The zero-order chi connectivity index (χ0) is 12.0. The summed E-state index contributed by atoms with van der Waals surface area (Å²) in [4.78, 5) is 0. The first-order valence-corrected chi connectivity index (χ1v) is 6.40. The lowest BCUT2D eigenvalue weighted by atomic mass is 9.91. The highest BCUT2D eigenvalue weighted by Crippen LogP contribution is 2.22. The number of hydrogen-bond donors (Lipinski definition) is 1. The van der Waals surface area contributed by atoms with Crippen LogP contribution in [0.1, 0.15) is 50.2 Å². The molecule has 16 heavy (non-hydrogen) atoms. The molecule has 0 spiro atoms. The molecular formula is C15H25N. The fourth-order valence-corrected chi connectivity index (χ4v) is 2.12. The molecule has 1 unspecified atom stereocenters. The van der Waals surface area contributed by atoms with Gasteiger partial charge in [-0.15, -0.1) is 0 Å². The van der Waals surface area contributed by atoms with Crippen LogP contribution in [0.25, 0.3) is 0 Å². The standard InChI is InChI=1S/C15H25N/c1-12(2)6-4-9-15(11-16)14-8-5-7-13(3)10-14/h5,7-8,10,12,15H,4,6,9,11,16H2,1-3H3. The quantitative estimate of drug-likeness (QED) is 0.772. The third kappa shape index (κ3) is 4.36. The van der Waals surface area contributed by atoms with Crippen molar-refractivity contribution in [3.63, 3.8) is 0 Å². The van der Waals surface area contributed by atoms with Gasteiger partial charge >= 0.3 is 0 Å². The summed E-state index contributed by atoms with van der Waals surface area (Å²) >= 11 is 0. The van der Waals surface area contributed by atoms with Crippen LogP contribution in [0.2, 0.25) is 0 Å². The second-order valence-electron chi connectivity index (χ2n) is 5.17. The van der Waals surface area contributed by atoms with Crippen molar-refractivity contribution in [1.29, 1.82) is 0 Å². The lowest BCUT2D eigenvalue weighted by Gasteiger charge is -2.16. The molecule has 0 saturated heterocycles. The first kappa shape index (κ1) is 13.2. The Labute approximate surface area is 100 Å². The highest BCUT2D eigenvalue weighted by atomic mass is 14.5. The van der Waals surface area contributed by atoms with Gasteiger partial charge < -0.3 is 5.73 Å². The van der Waals surface area contributed by atoms with Gasteiger partial charge in [0.2, 0.25) is 0 Å². The number of hydrogen-bond acceptors (Lipinski definition) is 1. The van der Waals surface area contributed by atoms with E-state index in [0.29, 0.717) is 5.92 Å². The number of rotatable bonds is 6. The summed E-state index contributed by atoms with van der Waals surface area (Å²) in [6.45, 7) is 7.47. The van der Waals surface area contributed by atoms with E-state index < -0.39 is 0 Å². The van der Waals surface area contributed by atoms with Gasteiger partial charge in [-0.1, -0.05) is 56.5 Å². The molecule has 1 atom stereocenters. The van der Waals surface area contributed by atoms with Crippen LogP contribution in [0.3, 0.4) is 0 Å². The fourth-order valence-electron chi connectivity index (χ4n) is 2.12. The second kappa shape index (κ2) is 6.70. The molecule has 0 heterocycles. The monoisotopic (exact) mass is 219 g/mol. The molecule has 1 heteroatoms. The molecule has 0 aliphatic carbocycles. The zero-order valence-electron chi connectivity index (χ0n) is 10.9. The molecule has 0 aromatic heterocycles. The predicted molar refractivity (Wildman–Crippen MR) is 71.7 cm³/mol. The maximum atomic E-state index is 5.87. The lowest BCUT2D eigenvalue weighted by molar-refractivity contribution is 0.502. The minimum Gasteiger partial charge on any atom is -0.330 e. The van der Waals surface area contributed by atoms with Crippen LogP contribution in [0.4, 0.5) is 0 Å². The van der Waals surface area contributed by atoms with Crippen molar-refractivity contribution >= 4 is 0 Å². The summed E-state index contributed by atoms with van der Waals surface area (Å²) in [6, 6.07) is 8.76. The average molecular weight is 219 g/mol. The molecule has 0 fully saturated rings. The fraction of sp³-hybridized carbons (Fsp3) is 0.600. The van der Waals surface area contributed by atoms with E-state index in [2.05, 4.69) is 45.0 Å². The highest BCUT2D eigenvalue weighted by molar-refractivity contribution is 5.25. The second-order valence-corrected chi connectivity index (χ2v) is 5.17. The van der Waals surface area contributed by atoms with Gasteiger partial charge in [-0.3, -0.25) is 0 Å². The van der Waals surface area contributed by atoms with Crippen molar-refractivity contribution in [2.45, 2.75) is 46.0 Å². The number of benzene rings is 1. The first-order valence-electron chi connectivity index (χ1n) is 6.40. The molecule has 2 N–H and O–H groups in total. The van der Waals surface area contributed by atoms with Gasteiger partial charge in [0.1, 0.15) is 0 Å². The molecule has 1 aromatic rings. The van der Waals surface area contributed by atoms with Crippen molar-refractivity contribution in [2.24, 2.45) is 11.7 Å². The van der Waals surface area contributed by atoms with Crippen molar-refractivity contribution in [3.8, 4) is 0 Å². The number of nitrogens with two attached hydrogens (primary N) is 1. The molecule has 90 valence electrons. The Kier molecular flexibility index (Phi) is 5.54. The lowest BCUT2D eigenvalue weighted by Crippen LogP contribution is -2.12. The van der Waals surface area contributed by atoms with Crippen LogP contribution in [0.5, 0.6) is 0 Å². The summed E-state index contributed by atoms with van der Waals surface area (Å²) in [6.07, 6.45) is 3.81. The van der Waals surface area contributed by atoms with Gasteiger partial charge in [0.15, 0.2) is 0 Å². The predicted octanol–water partition coefficient (Wildman–Crippen LogP) is 3.86. The molecule has 0 radical (unpaired) electrons. The van der Waals surface area contributed by atoms with E-state index in [9.17, 15) is 0 Å². The van der Waals surface area contributed by atoms with E-state index in [4.69, 9.17) is 5.73 Å². The summed E-state index contributed by atoms with van der Waals surface area (Å²) < 4.78 is 0. The average Bonchev–Trinajstić information content (AvgIpc) is 2.24. The molecule has 0 amide bonds. The van der Waals surface area contributed by atoms with Gasteiger partial charge in [0.25, 0.3) is 0 Å². The van der Waals surface area contributed by atoms with Crippen LogP contribution in [0, 0.1) is 12.8 Å². The molecule has 1 rings (SSSR count).